The van der Waals surface area contributed by atoms with Gasteiger partial charge in [-0.2, -0.15) is 4.98 Å². The first-order valence-electron chi connectivity index (χ1n) is 8.59. The van der Waals surface area contributed by atoms with Gasteiger partial charge in [-0.1, -0.05) is 23.4 Å². The summed E-state index contributed by atoms with van der Waals surface area (Å²) < 4.78 is 12.6. The average molecular weight is 374 g/mol. The molecule has 0 fully saturated rings. The number of carbonyl (C=O) groups is 1. The number of carbonyl (C=O) groups excluding carboxylic acids is 1. The summed E-state index contributed by atoms with van der Waals surface area (Å²) in [5, 5.41) is 15.9. The molecular weight excluding hydrogens is 360 g/mol. The number of para-hydroxylation sites is 1. The van der Waals surface area contributed by atoms with Crippen molar-refractivity contribution in [2.24, 2.45) is 0 Å². The number of hydrogen-bond donors (Lipinski definition) is 1. The molecule has 1 aromatic carbocycles. The lowest BCUT2D eigenvalue weighted by molar-refractivity contribution is 0.0924. The highest BCUT2D eigenvalue weighted by atomic mass is 16.5. The van der Waals surface area contributed by atoms with Gasteiger partial charge in [0.15, 0.2) is 23.1 Å². The van der Waals surface area contributed by atoms with E-state index in [1.54, 1.807) is 17.4 Å². The molecule has 28 heavy (non-hydrogen) atoms. The Hall–Kier alpha value is -4.01. The summed E-state index contributed by atoms with van der Waals surface area (Å²) >= 11 is 0. The van der Waals surface area contributed by atoms with E-state index in [9.17, 15) is 4.79 Å². The fourth-order valence-electron chi connectivity index (χ4n) is 3.00. The molecule has 0 spiro atoms. The molecule has 0 atom stereocenters. The predicted molar refractivity (Wildman–Crippen MR) is 98.4 cm³/mol. The molecule has 4 heterocycles. The smallest absolute Gasteiger partial charge is 0.287 e. The van der Waals surface area contributed by atoms with Crippen molar-refractivity contribution < 1.29 is 13.7 Å². The van der Waals surface area contributed by atoms with Crippen molar-refractivity contribution in [2.75, 3.05) is 0 Å². The molecule has 0 unspecified atom stereocenters. The Kier molecular flexibility index (Phi) is 3.64. The number of rotatable bonds is 4. The summed E-state index contributed by atoms with van der Waals surface area (Å²) in [4.78, 5) is 16.7. The number of nitrogens with zero attached hydrogens (tertiary/aromatic N) is 5. The minimum atomic E-state index is -0.323. The number of aromatic nitrogens is 5. The second-order valence-corrected chi connectivity index (χ2v) is 6.21. The first-order chi connectivity index (χ1) is 13.7. The maximum absolute atomic E-state index is 12.4. The number of aryl methyl sites for hydroxylation is 1. The number of pyridine rings is 1. The lowest BCUT2D eigenvalue weighted by atomic mass is 10.2. The lowest BCUT2D eigenvalue weighted by Gasteiger charge is -2.03. The molecular formula is C19H14N6O3. The average Bonchev–Trinajstić information content (AvgIpc) is 3.43. The number of fused-ring (bicyclic) bond motifs is 2. The van der Waals surface area contributed by atoms with Crippen LogP contribution in [0.25, 0.3) is 28.1 Å². The molecule has 5 aromatic rings. The topological polar surface area (TPSA) is 111 Å². The van der Waals surface area contributed by atoms with Crippen LogP contribution >= 0.6 is 0 Å². The van der Waals surface area contributed by atoms with Crippen LogP contribution in [-0.2, 0) is 6.54 Å². The molecule has 138 valence electrons. The van der Waals surface area contributed by atoms with Crippen LogP contribution in [0.1, 0.15) is 22.2 Å². The zero-order valence-electron chi connectivity index (χ0n) is 14.8. The molecule has 4 aromatic heterocycles. The Morgan fingerprint density at radius 3 is 2.89 bits per heavy atom. The SMILES string of the molecule is Cc1noc(-c2cccn3c(CNC(=O)c4cc5ccccc5o4)nnc23)n1. The second-order valence-electron chi connectivity index (χ2n) is 6.21. The van der Waals surface area contributed by atoms with E-state index < -0.39 is 0 Å². The van der Waals surface area contributed by atoms with Gasteiger partial charge < -0.3 is 14.3 Å². The minimum Gasteiger partial charge on any atom is -0.451 e. The molecule has 1 amide bonds. The van der Waals surface area contributed by atoms with Gasteiger partial charge in [-0.25, -0.2) is 0 Å². The van der Waals surface area contributed by atoms with Crippen molar-refractivity contribution in [3.05, 3.63) is 66.1 Å². The fraction of sp³-hybridized carbons (Fsp3) is 0.105. The highest BCUT2D eigenvalue weighted by molar-refractivity contribution is 5.96. The van der Waals surface area contributed by atoms with Crippen molar-refractivity contribution in [3.8, 4) is 11.5 Å². The molecule has 0 saturated carbocycles. The predicted octanol–water partition coefficient (Wildman–Crippen LogP) is 2.76. The molecule has 9 heteroatoms. The van der Waals surface area contributed by atoms with Gasteiger partial charge in [0.2, 0.25) is 0 Å². The standard InChI is InChI=1S/C19H14N6O3/c1-11-21-19(28-24-11)13-6-4-8-25-16(22-23-17(13)25)10-20-18(26)15-9-12-5-2-3-7-14(12)27-15/h2-9H,10H2,1H3,(H,20,26). The highest BCUT2D eigenvalue weighted by Gasteiger charge is 2.17. The van der Waals surface area contributed by atoms with Gasteiger partial charge in [0.25, 0.3) is 11.8 Å². The molecule has 0 radical (unpaired) electrons. The Bertz CT molecular complexity index is 1280. The van der Waals surface area contributed by atoms with Crippen molar-refractivity contribution >= 4 is 22.5 Å². The highest BCUT2D eigenvalue weighted by Crippen LogP contribution is 2.22. The maximum atomic E-state index is 12.4. The first kappa shape index (κ1) is 16.2. The molecule has 0 bridgehead atoms. The van der Waals surface area contributed by atoms with Crippen LogP contribution in [0.4, 0.5) is 0 Å². The van der Waals surface area contributed by atoms with Gasteiger partial charge in [0, 0.05) is 11.6 Å². The summed E-state index contributed by atoms with van der Waals surface area (Å²) in [5.41, 5.74) is 1.91. The molecule has 9 nitrogen and oxygen atoms in total. The van der Waals surface area contributed by atoms with Crippen LogP contribution in [0.15, 0.2) is 57.6 Å². The van der Waals surface area contributed by atoms with Gasteiger partial charge >= 0.3 is 0 Å². The third kappa shape index (κ3) is 2.69. The third-order valence-corrected chi connectivity index (χ3v) is 4.32. The third-order valence-electron chi connectivity index (χ3n) is 4.32. The molecule has 0 aliphatic carbocycles. The van der Waals surface area contributed by atoms with E-state index in [4.69, 9.17) is 8.94 Å². The summed E-state index contributed by atoms with van der Waals surface area (Å²) in [6.45, 7) is 1.93. The van der Waals surface area contributed by atoms with Gasteiger partial charge in [0.05, 0.1) is 12.1 Å². The van der Waals surface area contributed by atoms with Crippen molar-refractivity contribution in [1.29, 1.82) is 0 Å². The molecule has 0 saturated heterocycles. The van der Waals surface area contributed by atoms with Gasteiger partial charge in [-0.3, -0.25) is 9.20 Å². The van der Waals surface area contributed by atoms with E-state index in [2.05, 4.69) is 25.7 Å². The fourth-order valence-corrected chi connectivity index (χ4v) is 3.00. The number of nitrogens with one attached hydrogen (secondary N) is 1. The molecule has 5 rings (SSSR count). The number of amides is 1. The zero-order chi connectivity index (χ0) is 19.1. The summed E-state index contributed by atoms with van der Waals surface area (Å²) in [6, 6.07) is 12.8. The summed E-state index contributed by atoms with van der Waals surface area (Å²) in [6.07, 6.45) is 1.81. The largest absolute Gasteiger partial charge is 0.451 e. The quantitative estimate of drug-likeness (QED) is 0.515. The van der Waals surface area contributed by atoms with E-state index in [0.717, 1.165) is 5.39 Å². The number of benzene rings is 1. The Labute approximate surface area is 158 Å². The van der Waals surface area contributed by atoms with Gasteiger partial charge in [0.1, 0.15) is 5.58 Å². The minimum absolute atomic E-state index is 0.184. The Morgan fingerprint density at radius 1 is 1.18 bits per heavy atom. The van der Waals surface area contributed by atoms with Crippen LogP contribution in [0.5, 0.6) is 0 Å². The lowest BCUT2D eigenvalue weighted by Crippen LogP contribution is -2.23. The Balaban J connectivity index is 1.40. The van der Waals surface area contributed by atoms with Crippen molar-refractivity contribution in [2.45, 2.75) is 13.5 Å². The van der Waals surface area contributed by atoms with E-state index in [1.807, 2.05) is 42.6 Å². The van der Waals surface area contributed by atoms with E-state index in [0.29, 0.717) is 34.3 Å². The van der Waals surface area contributed by atoms with Crippen LogP contribution in [0, 0.1) is 6.92 Å². The maximum Gasteiger partial charge on any atom is 0.287 e. The normalized spacial score (nSPS) is 11.3. The first-order valence-corrected chi connectivity index (χ1v) is 8.59. The number of furan rings is 1. The van der Waals surface area contributed by atoms with Crippen LogP contribution < -0.4 is 5.32 Å². The Morgan fingerprint density at radius 2 is 2.07 bits per heavy atom. The van der Waals surface area contributed by atoms with Gasteiger partial charge in [-0.05, 0) is 31.2 Å². The van der Waals surface area contributed by atoms with Gasteiger partial charge in [-0.15, -0.1) is 10.2 Å². The van der Waals surface area contributed by atoms with Crippen LogP contribution in [-0.4, -0.2) is 30.6 Å². The second kappa shape index (κ2) is 6.31. The van der Waals surface area contributed by atoms with Crippen molar-refractivity contribution in [1.82, 2.24) is 30.1 Å². The number of hydrogen-bond acceptors (Lipinski definition) is 7. The van der Waals surface area contributed by atoms with Crippen LogP contribution in [0.2, 0.25) is 0 Å². The van der Waals surface area contributed by atoms with E-state index in [1.165, 1.54) is 0 Å². The van der Waals surface area contributed by atoms with E-state index in [-0.39, 0.29) is 18.2 Å². The van der Waals surface area contributed by atoms with E-state index >= 15 is 0 Å². The van der Waals surface area contributed by atoms with Crippen molar-refractivity contribution in [3.63, 3.8) is 0 Å². The summed E-state index contributed by atoms with van der Waals surface area (Å²) in [7, 11) is 0. The molecule has 0 aliphatic heterocycles. The monoisotopic (exact) mass is 374 g/mol. The molecule has 0 aliphatic rings. The zero-order valence-corrected chi connectivity index (χ0v) is 14.8. The summed E-state index contributed by atoms with van der Waals surface area (Å²) in [5.74, 6) is 1.40. The molecule has 1 N–H and O–H groups in total. The van der Waals surface area contributed by atoms with Crippen LogP contribution in [0.3, 0.4) is 0 Å².